The van der Waals surface area contributed by atoms with Gasteiger partial charge in [-0.2, -0.15) is 0 Å². The Morgan fingerprint density at radius 3 is 2.40 bits per heavy atom. The zero-order chi connectivity index (χ0) is 14.6. The van der Waals surface area contributed by atoms with Crippen molar-refractivity contribution in [1.29, 1.82) is 0 Å². The van der Waals surface area contributed by atoms with E-state index in [2.05, 4.69) is 0 Å². The molecule has 112 valence electrons. The normalized spacial score (nSPS) is 20.4. The molecule has 1 N–H and O–H groups in total. The average molecular weight is 284 g/mol. The van der Waals surface area contributed by atoms with Gasteiger partial charge in [-0.25, -0.2) is 8.78 Å². The predicted octanol–water partition coefficient (Wildman–Crippen LogP) is 4.13. The first-order valence-corrected chi connectivity index (χ1v) is 7.36. The van der Waals surface area contributed by atoms with Crippen molar-refractivity contribution >= 4 is 0 Å². The zero-order valence-corrected chi connectivity index (χ0v) is 11.9. The van der Waals surface area contributed by atoms with Gasteiger partial charge >= 0.3 is 0 Å². The molecule has 1 aliphatic carbocycles. The van der Waals surface area contributed by atoms with Crippen LogP contribution in [-0.2, 0) is 4.74 Å². The lowest BCUT2D eigenvalue weighted by atomic mass is 9.84. The molecular formula is C16H22F2O2. The molecule has 0 saturated heterocycles. The Labute approximate surface area is 118 Å². The first-order chi connectivity index (χ1) is 9.59. The van der Waals surface area contributed by atoms with Crippen LogP contribution in [0.25, 0.3) is 0 Å². The number of hydrogen-bond donors (Lipinski definition) is 1. The molecule has 2 nitrogen and oxygen atoms in total. The van der Waals surface area contributed by atoms with Gasteiger partial charge in [0.2, 0.25) is 0 Å². The minimum atomic E-state index is -1.05. The Kier molecular flexibility index (Phi) is 5.11. The van der Waals surface area contributed by atoms with E-state index in [1.165, 1.54) is 12.1 Å². The average Bonchev–Trinajstić information content (AvgIpc) is 2.65. The van der Waals surface area contributed by atoms with E-state index >= 15 is 0 Å². The number of benzene rings is 1. The number of ether oxygens (including phenoxy) is 1. The Morgan fingerprint density at radius 1 is 1.20 bits per heavy atom. The van der Waals surface area contributed by atoms with Gasteiger partial charge in [0.25, 0.3) is 0 Å². The van der Waals surface area contributed by atoms with Gasteiger partial charge in [-0.3, -0.25) is 0 Å². The van der Waals surface area contributed by atoms with Crippen LogP contribution in [0.15, 0.2) is 18.2 Å². The van der Waals surface area contributed by atoms with Crippen molar-refractivity contribution in [2.45, 2.75) is 57.2 Å². The molecule has 1 unspecified atom stereocenters. The van der Waals surface area contributed by atoms with Crippen molar-refractivity contribution in [2.75, 3.05) is 6.61 Å². The van der Waals surface area contributed by atoms with E-state index in [0.29, 0.717) is 19.4 Å². The van der Waals surface area contributed by atoms with Gasteiger partial charge in [0, 0.05) is 18.2 Å². The maximum atomic E-state index is 13.9. The molecule has 0 radical (unpaired) electrons. The molecule has 0 aliphatic heterocycles. The molecule has 1 aromatic carbocycles. The molecule has 2 rings (SSSR count). The van der Waals surface area contributed by atoms with Crippen LogP contribution in [0, 0.1) is 11.6 Å². The molecule has 0 heterocycles. The topological polar surface area (TPSA) is 29.5 Å². The summed E-state index contributed by atoms with van der Waals surface area (Å²) in [7, 11) is 0. The highest BCUT2D eigenvalue weighted by Crippen LogP contribution is 2.41. The highest BCUT2D eigenvalue weighted by molar-refractivity contribution is 5.23. The molecular weight excluding hydrogens is 262 g/mol. The Bertz CT molecular complexity index is 440. The summed E-state index contributed by atoms with van der Waals surface area (Å²) in [6, 6.07) is 3.31. The number of aliphatic hydroxyl groups excluding tert-OH is 1. The van der Waals surface area contributed by atoms with E-state index in [4.69, 9.17) is 4.74 Å². The molecule has 1 fully saturated rings. The summed E-state index contributed by atoms with van der Waals surface area (Å²) in [5.41, 5.74) is -0.619. The van der Waals surface area contributed by atoms with Crippen LogP contribution >= 0.6 is 0 Å². The monoisotopic (exact) mass is 284 g/mol. The Balaban J connectivity index is 2.31. The molecule has 0 amide bonds. The largest absolute Gasteiger partial charge is 0.385 e. The van der Waals surface area contributed by atoms with Gasteiger partial charge < -0.3 is 9.84 Å². The van der Waals surface area contributed by atoms with Crippen LogP contribution in [0.1, 0.15) is 57.1 Å². The van der Waals surface area contributed by atoms with Crippen molar-refractivity contribution in [1.82, 2.24) is 0 Å². The third-order valence-electron chi connectivity index (χ3n) is 4.14. The zero-order valence-electron chi connectivity index (χ0n) is 11.9. The quantitative estimate of drug-likeness (QED) is 0.842. The summed E-state index contributed by atoms with van der Waals surface area (Å²) < 4.78 is 32.8. The molecule has 4 heteroatoms. The van der Waals surface area contributed by atoms with Crippen LogP contribution in [-0.4, -0.2) is 17.3 Å². The van der Waals surface area contributed by atoms with Gasteiger partial charge in [0.05, 0.1) is 5.60 Å². The number of hydrogen-bond acceptors (Lipinski definition) is 2. The summed E-state index contributed by atoms with van der Waals surface area (Å²) in [6.07, 6.45) is 4.49. The second-order valence-corrected chi connectivity index (χ2v) is 5.48. The molecule has 1 atom stereocenters. The first-order valence-electron chi connectivity index (χ1n) is 7.36. The van der Waals surface area contributed by atoms with Gasteiger partial charge in [0.15, 0.2) is 0 Å². The van der Waals surface area contributed by atoms with E-state index in [0.717, 1.165) is 31.7 Å². The fraction of sp³-hybridized carbons (Fsp3) is 0.625. The van der Waals surface area contributed by atoms with Gasteiger partial charge in [-0.1, -0.05) is 31.7 Å². The molecule has 1 saturated carbocycles. The second-order valence-electron chi connectivity index (χ2n) is 5.48. The first kappa shape index (κ1) is 15.4. The third kappa shape index (κ3) is 3.18. The lowest BCUT2D eigenvalue weighted by molar-refractivity contribution is -0.132. The van der Waals surface area contributed by atoms with E-state index in [1.54, 1.807) is 0 Å². The summed E-state index contributed by atoms with van der Waals surface area (Å²) in [5.74, 6) is -1.34. The number of halogens is 2. The van der Waals surface area contributed by atoms with Gasteiger partial charge in [-0.15, -0.1) is 0 Å². The Morgan fingerprint density at radius 2 is 1.85 bits per heavy atom. The number of aliphatic hydroxyl groups is 1. The molecule has 1 aromatic rings. The number of rotatable bonds is 4. The highest BCUT2D eigenvalue weighted by Gasteiger charge is 2.40. The van der Waals surface area contributed by atoms with Crippen LogP contribution in [0.4, 0.5) is 8.78 Å². The van der Waals surface area contributed by atoms with Crippen molar-refractivity contribution in [2.24, 2.45) is 0 Å². The molecule has 1 aliphatic rings. The minimum absolute atomic E-state index is 0.127. The molecule has 0 aromatic heterocycles. The van der Waals surface area contributed by atoms with Crippen molar-refractivity contribution in [3.05, 3.63) is 35.4 Å². The smallest absolute Gasteiger partial charge is 0.132 e. The van der Waals surface area contributed by atoms with E-state index in [9.17, 15) is 13.9 Å². The second kappa shape index (κ2) is 6.64. The standard InChI is InChI=1S/C16H22F2O2/c1-2-20-16(9-5-3-4-6-10-16)15(19)13-8-7-12(17)11-14(13)18/h7-8,11,15,19H,2-6,9-10H2,1H3. The van der Waals surface area contributed by atoms with Crippen LogP contribution in [0.5, 0.6) is 0 Å². The summed E-state index contributed by atoms with van der Waals surface area (Å²) in [4.78, 5) is 0. The van der Waals surface area contributed by atoms with E-state index < -0.39 is 23.3 Å². The van der Waals surface area contributed by atoms with Crippen molar-refractivity contribution in [3.63, 3.8) is 0 Å². The van der Waals surface area contributed by atoms with Crippen molar-refractivity contribution < 1.29 is 18.6 Å². The Hall–Kier alpha value is -1.00. The van der Waals surface area contributed by atoms with Crippen LogP contribution in [0.2, 0.25) is 0 Å². The predicted molar refractivity (Wildman–Crippen MR) is 73.4 cm³/mol. The summed E-state index contributed by atoms with van der Waals surface area (Å²) in [6.45, 7) is 2.35. The fourth-order valence-corrected chi connectivity index (χ4v) is 3.12. The van der Waals surface area contributed by atoms with E-state index in [-0.39, 0.29) is 5.56 Å². The maximum absolute atomic E-state index is 13.9. The van der Waals surface area contributed by atoms with Crippen LogP contribution in [0.3, 0.4) is 0 Å². The summed E-state index contributed by atoms with van der Waals surface area (Å²) in [5, 5.41) is 10.6. The molecule has 0 spiro atoms. The minimum Gasteiger partial charge on any atom is -0.385 e. The highest BCUT2D eigenvalue weighted by atomic mass is 19.1. The SMILES string of the molecule is CCOC1(C(O)c2ccc(F)cc2F)CCCCCC1. The fourth-order valence-electron chi connectivity index (χ4n) is 3.12. The van der Waals surface area contributed by atoms with E-state index in [1.807, 2.05) is 6.92 Å². The maximum Gasteiger partial charge on any atom is 0.132 e. The van der Waals surface area contributed by atoms with Gasteiger partial charge in [-0.05, 0) is 25.8 Å². The van der Waals surface area contributed by atoms with Crippen molar-refractivity contribution in [3.8, 4) is 0 Å². The lowest BCUT2D eigenvalue weighted by Gasteiger charge is -2.37. The molecule has 20 heavy (non-hydrogen) atoms. The molecule has 0 bridgehead atoms. The van der Waals surface area contributed by atoms with Crippen LogP contribution < -0.4 is 0 Å². The van der Waals surface area contributed by atoms with Gasteiger partial charge in [0.1, 0.15) is 17.7 Å². The lowest BCUT2D eigenvalue weighted by Crippen LogP contribution is -2.39. The summed E-state index contributed by atoms with van der Waals surface area (Å²) >= 11 is 0. The third-order valence-corrected chi connectivity index (χ3v) is 4.14.